The van der Waals surface area contributed by atoms with Gasteiger partial charge >= 0.3 is 0 Å². The van der Waals surface area contributed by atoms with E-state index in [1.165, 1.54) is 6.42 Å². The maximum Gasteiger partial charge on any atom is 0.158 e. The Morgan fingerprint density at radius 2 is 1.90 bits per heavy atom. The van der Waals surface area contributed by atoms with E-state index < -0.39 is 0 Å². The average Bonchev–Trinajstić information content (AvgIpc) is 2.74. The zero-order valence-corrected chi connectivity index (χ0v) is 12.8. The summed E-state index contributed by atoms with van der Waals surface area (Å²) >= 11 is 0. The summed E-state index contributed by atoms with van der Waals surface area (Å²) < 4.78 is 2.03. The van der Waals surface area contributed by atoms with Crippen molar-refractivity contribution in [1.29, 1.82) is 0 Å². The number of piperidine rings is 1. The fourth-order valence-electron chi connectivity index (χ4n) is 3.45. The molecule has 1 aliphatic heterocycles. The minimum absolute atomic E-state index is 0.711. The van der Waals surface area contributed by atoms with Crippen LogP contribution >= 0.6 is 0 Å². The van der Waals surface area contributed by atoms with Crippen LogP contribution in [0.15, 0.2) is 6.33 Å². The van der Waals surface area contributed by atoms with E-state index in [9.17, 15) is 0 Å². The van der Waals surface area contributed by atoms with E-state index >= 15 is 0 Å². The van der Waals surface area contributed by atoms with Gasteiger partial charge in [0.1, 0.15) is 17.4 Å². The predicted molar refractivity (Wildman–Crippen MR) is 80.9 cm³/mol. The molecule has 0 amide bonds. The first-order chi connectivity index (χ1) is 9.60. The lowest BCUT2D eigenvalue weighted by molar-refractivity contribution is 0.355. The number of hydrogen-bond acceptors (Lipinski definition) is 4. The fourth-order valence-corrected chi connectivity index (χ4v) is 3.45. The van der Waals surface area contributed by atoms with Crippen molar-refractivity contribution in [2.24, 2.45) is 11.8 Å². The van der Waals surface area contributed by atoms with Gasteiger partial charge in [0.05, 0.1) is 5.69 Å². The molecule has 2 aromatic heterocycles. The number of rotatable bonds is 2. The summed E-state index contributed by atoms with van der Waals surface area (Å²) in [5, 5.41) is 4.59. The maximum absolute atomic E-state index is 4.59. The molecule has 1 saturated heterocycles. The lowest BCUT2D eigenvalue weighted by Gasteiger charge is -2.36. The zero-order valence-electron chi connectivity index (χ0n) is 12.8. The Morgan fingerprint density at radius 1 is 1.20 bits per heavy atom. The average molecular weight is 273 g/mol. The molecule has 0 bridgehead atoms. The topological polar surface area (TPSA) is 46.8 Å². The standard InChI is InChI=1S/C15H23N5/c1-5-20-14-13(12(4)18-20)16-9-17-15(14)19-7-10(2)6-11(3)8-19/h9-11H,5-8H2,1-4H3/t10-,11+. The van der Waals surface area contributed by atoms with Crippen molar-refractivity contribution in [3.63, 3.8) is 0 Å². The van der Waals surface area contributed by atoms with E-state index in [0.717, 1.165) is 42.2 Å². The van der Waals surface area contributed by atoms with Gasteiger partial charge in [-0.1, -0.05) is 13.8 Å². The number of aryl methyl sites for hydroxylation is 2. The van der Waals surface area contributed by atoms with Gasteiger partial charge in [0.25, 0.3) is 0 Å². The first kappa shape index (κ1) is 13.3. The third kappa shape index (κ3) is 2.15. The summed E-state index contributed by atoms with van der Waals surface area (Å²) in [5.74, 6) is 2.47. The van der Waals surface area contributed by atoms with E-state index in [-0.39, 0.29) is 0 Å². The van der Waals surface area contributed by atoms with Crippen molar-refractivity contribution < 1.29 is 0 Å². The normalized spacial score (nSPS) is 23.5. The highest BCUT2D eigenvalue weighted by molar-refractivity contribution is 5.87. The molecule has 0 saturated carbocycles. The Kier molecular flexibility index (Phi) is 3.36. The van der Waals surface area contributed by atoms with Crippen LogP contribution in [0.2, 0.25) is 0 Å². The van der Waals surface area contributed by atoms with Crippen molar-refractivity contribution >= 4 is 16.9 Å². The third-order valence-corrected chi connectivity index (χ3v) is 4.14. The minimum Gasteiger partial charge on any atom is -0.354 e. The van der Waals surface area contributed by atoms with Crippen LogP contribution in [0, 0.1) is 18.8 Å². The largest absolute Gasteiger partial charge is 0.354 e. The smallest absolute Gasteiger partial charge is 0.158 e. The van der Waals surface area contributed by atoms with Crippen LogP contribution in [-0.2, 0) is 6.54 Å². The SMILES string of the molecule is CCn1nc(C)c2ncnc(N3C[C@H](C)C[C@H](C)C3)c21. The van der Waals surface area contributed by atoms with Crippen molar-refractivity contribution in [1.82, 2.24) is 19.7 Å². The van der Waals surface area contributed by atoms with E-state index in [2.05, 4.69) is 40.7 Å². The molecule has 20 heavy (non-hydrogen) atoms. The Hall–Kier alpha value is -1.65. The second-order valence-electron chi connectivity index (χ2n) is 6.15. The molecular formula is C15H23N5. The molecule has 108 valence electrons. The predicted octanol–water partition coefficient (Wildman–Crippen LogP) is 2.64. The molecule has 5 nitrogen and oxygen atoms in total. The molecule has 1 aliphatic rings. The molecule has 0 spiro atoms. The van der Waals surface area contributed by atoms with Gasteiger partial charge in [-0.2, -0.15) is 5.10 Å². The van der Waals surface area contributed by atoms with Gasteiger partial charge in [-0.25, -0.2) is 9.97 Å². The summed E-state index contributed by atoms with van der Waals surface area (Å²) in [6, 6.07) is 0. The van der Waals surface area contributed by atoms with E-state index in [1.54, 1.807) is 6.33 Å². The van der Waals surface area contributed by atoms with Gasteiger partial charge in [0.15, 0.2) is 5.82 Å². The Balaban J connectivity index is 2.11. The van der Waals surface area contributed by atoms with Gasteiger partial charge in [0, 0.05) is 19.6 Å². The second-order valence-corrected chi connectivity index (χ2v) is 6.15. The van der Waals surface area contributed by atoms with E-state index in [4.69, 9.17) is 0 Å². The van der Waals surface area contributed by atoms with Crippen molar-refractivity contribution in [2.75, 3.05) is 18.0 Å². The fraction of sp³-hybridized carbons (Fsp3) is 0.667. The number of nitrogens with zero attached hydrogens (tertiary/aromatic N) is 5. The molecular weight excluding hydrogens is 250 g/mol. The van der Waals surface area contributed by atoms with Crippen LogP contribution in [0.3, 0.4) is 0 Å². The lowest BCUT2D eigenvalue weighted by Crippen LogP contribution is -2.39. The third-order valence-electron chi connectivity index (χ3n) is 4.14. The lowest BCUT2D eigenvalue weighted by atomic mass is 9.92. The highest BCUT2D eigenvalue weighted by Crippen LogP contribution is 2.30. The molecule has 3 heterocycles. The molecule has 1 fully saturated rings. The number of fused-ring (bicyclic) bond motifs is 1. The molecule has 2 atom stereocenters. The van der Waals surface area contributed by atoms with Crippen LogP contribution in [0.4, 0.5) is 5.82 Å². The molecule has 0 aliphatic carbocycles. The maximum atomic E-state index is 4.59. The first-order valence-electron chi connectivity index (χ1n) is 7.53. The minimum atomic E-state index is 0.711. The summed E-state index contributed by atoms with van der Waals surface area (Å²) in [6.07, 6.45) is 2.98. The van der Waals surface area contributed by atoms with Crippen LogP contribution in [0.1, 0.15) is 32.9 Å². The van der Waals surface area contributed by atoms with E-state index in [0.29, 0.717) is 11.8 Å². The highest BCUT2D eigenvalue weighted by Gasteiger charge is 2.25. The highest BCUT2D eigenvalue weighted by atomic mass is 15.3. The van der Waals surface area contributed by atoms with Gasteiger partial charge in [-0.05, 0) is 32.1 Å². The van der Waals surface area contributed by atoms with Crippen molar-refractivity contribution in [3.8, 4) is 0 Å². The monoisotopic (exact) mass is 273 g/mol. The number of anilines is 1. The molecule has 5 heteroatoms. The molecule has 3 rings (SSSR count). The summed E-state index contributed by atoms with van der Waals surface area (Å²) in [6.45, 7) is 11.8. The number of aromatic nitrogens is 4. The molecule has 0 aromatic carbocycles. The first-order valence-corrected chi connectivity index (χ1v) is 7.53. The molecule has 0 N–H and O–H groups in total. The van der Waals surface area contributed by atoms with Gasteiger partial charge in [-0.15, -0.1) is 0 Å². The molecule has 0 radical (unpaired) electrons. The van der Waals surface area contributed by atoms with Gasteiger partial charge < -0.3 is 4.90 Å². The summed E-state index contributed by atoms with van der Waals surface area (Å²) in [4.78, 5) is 11.4. The number of hydrogen-bond donors (Lipinski definition) is 0. The van der Waals surface area contributed by atoms with Crippen molar-refractivity contribution in [2.45, 2.75) is 40.7 Å². The molecule has 0 unspecified atom stereocenters. The Labute approximate surface area is 120 Å². The van der Waals surface area contributed by atoms with Crippen LogP contribution in [0.5, 0.6) is 0 Å². The van der Waals surface area contributed by atoms with Gasteiger partial charge in [0.2, 0.25) is 0 Å². The van der Waals surface area contributed by atoms with Crippen LogP contribution < -0.4 is 4.90 Å². The van der Waals surface area contributed by atoms with Gasteiger partial charge in [-0.3, -0.25) is 4.68 Å². The quantitative estimate of drug-likeness (QED) is 0.844. The Morgan fingerprint density at radius 3 is 2.55 bits per heavy atom. The van der Waals surface area contributed by atoms with E-state index in [1.807, 2.05) is 11.6 Å². The van der Waals surface area contributed by atoms with Crippen molar-refractivity contribution in [3.05, 3.63) is 12.0 Å². The second kappa shape index (κ2) is 5.04. The molecule has 2 aromatic rings. The summed E-state index contributed by atoms with van der Waals surface area (Å²) in [7, 11) is 0. The van der Waals surface area contributed by atoms with Crippen LogP contribution in [0.25, 0.3) is 11.0 Å². The summed E-state index contributed by atoms with van der Waals surface area (Å²) in [5.41, 5.74) is 3.07. The van der Waals surface area contributed by atoms with Crippen LogP contribution in [-0.4, -0.2) is 32.8 Å². The Bertz CT molecular complexity index is 608. The zero-order chi connectivity index (χ0) is 14.3.